The largest absolute Gasteiger partial charge is 0.481 e. The Morgan fingerprint density at radius 3 is 1.97 bits per heavy atom. The number of allylic oxidation sites excluding steroid dienone is 2. The highest BCUT2D eigenvalue weighted by Crippen LogP contribution is 2.40. The molecule has 172 valence electrons. The number of carboxylic acid groups (broad SMARTS) is 1. The third-order valence-corrected chi connectivity index (χ3v) is 7.61. The van der Waals surface area contributed by atoms with Crippen LogP contribution in [-0.4, -0.2) is 16.4 Å². The van der Waals surface area contributed by atoms with Crippen LogP contribution in [0.3, 0.4) is 0 Å². The molecule has 2 nitrogen and oxygen atoms in total. The minimum absolute atomic E-state index is 0.312. The first-order valence-electron chi connectivity index (χ1n) is 12.2. The summed E-state index contributed by atoms with van der Waals surface area (Å²) >= 11 is 3.27. The summed E-state index contributed by atoms with van der Waals surface area (Å²) in [5, 5.41) is 9.18. The first kappa shape index (κ1) is 28.7. The Balaban J connectivity index is 0.000000734. The van der Waals surface area contributed by atoms with Crippen molar-refractivity contribution in [3.05, 3.63) is 11.1 Å². The van der Waals surface area contributed by atoms with E-state index in [1.54, 1.807) is 11.1 Å². The first-order valence-corrected chi connectivity index (χ1v) is 13.3. The predicted octanol–water partition coefficient (Wildman–Crippen LogP) is 9.32. The summed E-state index contributed by atoms with van der Waals surface area (Å²) in [6.07, 6.45) is 18.9. The molecule has 0 fully saturated rings. The maximum absolute atomic E-state index is 9.95. The molecule has 0 aliphatic heterocycles. The van der Waals surface area contributed by atoms with E-state index in [9.17, 15) is 4.79 Å². The third-order valence-electron chi connectivity index (χ3n) is 7.05. The predicted molar refractivity (Wildman–Crippen MR) is 132 cm³/mol. The van der Waals surface area contributed by atoms with Crippen molar-refractivity contribution in [2.75, 3.05) is 5.33 Å². The summed E-state index contributed by atoms with van der Waals surface area (Å²) in [6, 6.07) is 0. The topological polar surface area (TPSA) is 37.3 Å². The van der Waals surface area contributed by atoms with Gasteiger partial charge in [-0.2, -0.15) is 0 Å². The summed E-state index contributed by atoms with van der Waals surface area (Å²) in [5.41, 5.74) is 3.71. The van der Waals surface area contributed by atoms with E-state index in [2.05, 4.69) is 50.5 Å². The molecule has 0 aromatic rings. The number of carboxylic acids is 1. The second-order valence-corrected chi connectivity index (χ2v) is 10.4. The third kappa shape index (κ3) is 14.3. The number of hydrogen-bond donors (Lipinski definition) is 1. The molecule has 0 saturated carbocycles. The number of alkyl halides is 1. The van der Waals surface area contributed by atoms with E-state index in [-0.39, 0.29) is 0 Å². The number of unbranched alkanes of at least 4 members (excludes halogenated alkanes) is 2. The average Bonchev–Trinajstić information content (AvgIpc) is 2.68. The van der Waals surface area contributed by atoms with Crippen molar-refractivity contribution in [1.29, 1.82) is 0 Å². The van der Waals surface area contributed by atoms with Gasteiger partial charge in [0.1, 0.15) is 0 Å². The van der Waals surface area contributed by atoms with Gasteiger partial charge < -0.3 is 5.11 Å². The van der Waals surface area contributed by atoms with E-state index in [1.807, 2.05) is 0 Å². The van der Waals surface area contributed by atoms with Crippen LogP contribution in [0.1, 0.15) is 131 Å². The number of rotatable bonds is 5. The monoisotopic (exact) mass is 472 g/mol. The molecule has 0 saturated heterocycles. The molecule has 0 amide bonds. The van der Waals surface area contributed by atoms with Crippen LogP contribution >= 0.6 is 15.9 Å². The molecule has 3 heteroatoms. The van der Waals surface area contributed by atoms with Gasteiger partial charge in [0.25, 0.3) is 0 Å². The molecule has 0 heterocycles. The summed E-state index contributed by atoms with van der Waals surface area (Å²) in [6.45, 7) is 12.2. The fourth-order valence-electron chi connectivity index (χ4n) is 4.09. The minimum atomic E-state index is -0.690. The van der Waals surface area contributed by atoms with Gasteiger partial charge in [-0.25, -0.2) is 0 Å². The normalized spacial score (nSPS) is 22.1. The van der Waals surface area contributed by atoms with Gasteiger partial charge in [0.2, 0.25) is 0 Å². The van der Waals surface area contributed by atoms with E-state index in [0.717, 1.165) is 30.5 Å². The minimum Gasteiger partial charge on any atom is -0.481 e. The summed E-state index contributed by atoms with van der Waals surface area (Å²) in [7, 11) is 0. The van der Waals surface area contributed by atoms with Crippen molar-refractivity contribution in [2.24, 2.45) is 11.3 Å². The Hall–Kier alpha value is -0.310. The highest BCUT2D eigenvalue weighted by atomic mass is 79.9. The molecule has 1 aliphatic carbocycles. The number of carbonyl (C=O) groups is 1. The Kier molecular flexibility index (Phi) is 17.2. The van der Waals surface area contributed by atoms with Crippen LogP contribution in [0.4, 0.5) is 0 Å². The quantitative estimate of drug-likeness (QED) is 0.245. The second-order valence-electron chi connectivity index (χ2n) is 9.64. The molecule has 0 radical (unpaired) electrons. The zero-order valence-electron chi connectivity index (χ0n) is 20.1. The van der Waals surface area contributed by atoms with Crippen LogP contribution in [0, 0.1) is 11.3 Å². The van der Waals surface area contributed by atoms with Gasteiger partial charge in [-0.3, -0.25) is 4.79 Å². The van der Waals surface area contributed by atoms with Gasteiger partial charge in [-0.05, 0) is 57.3 Å². The number of halogens is 1. The van der Waals surface area contributed by atoms with Gasteiger partial charge in [0, 0.05) is 11.8 Å². The SMILES string of the molecule is CC1=C(C)C(C)(C)C(C)CCCCCCCCCCC1.O=C(O)CCCCCBr. The van der Waals surface area contributed by atoms with Gasteiger partial charge in [0.05, 0.1) is 0 Å². The summed E-state index contributed by atoms with van der Waals surface area (Å²) < 4.78 is 0. The van der Waals surface area contributed by atoms with E-state index < -0.39 is 5.97 Å². The number of aliphatic carboxylic acids is 1. The Morgan fingerprint density at radius 2 is 1.45 bits per heavy atom. The van der Waals surface area contributed by atoms with E-state index in [0.29, 0.717) is 11.8 Å². The molecule has 1 aliphatic rings. The maximum atomic E-state index is 9.95. The molecule has 0 spiro atoms. The number of hydrogen-bond acceptors (Lipinski definition) is 1. The lowest BCUT2D eigenvalue weighted by Gasteiger charge is -2.35. The first-order chi connectivity index (χ1) is 13.7. The van der Waals surface area contributed by atoms with Crippen LogP contribution in [0.5, 0.6) is 0 Å². The molecule has 1 unspecified atom stereocenters. The van der Waals surface area contributed by atoms with Crippen molar-refractivity contribution < 1.29 is 9.90 Å². The summed E-state index contributed by atoms with van der Waals surface area (Å²) in [5.74, 6) is 0.118. The molecule has 1 atom stereocenters. The lowest BCUT2D eigenvalue weighted by atomic mass is 9.70. The molecule has 0 bridgehead atoms. The van der Waals surface area contributed by atoms with Gasteiger partial charge in [-0.15, -0.1) is 0 Å². The average molecular weight is 474 g/mol. The molecule has 29 heavy (non-hydrogen) atoms. The van der Waals surface area contributed by atoms with Crippen LogP contribution in [0.15, 0.2) is 11.1 Å². The van der Waals surface area contributed by atoms with E-state index in [4.69, 9.17) is 5.11 Å². The molecular weight excluding hydrogens is 424 g/mol. The highest BCUT2D eigenvalue weighted by Gasteiger charge is 2.28. The maximum Gasteiger partial charge on any atom is 0.303 e. The second kappa shape index (κ2) is 17.4. The summed E-state index contributed by atoms with van der Waals surface area (Å²) in [4.78, 5) is 9.95. The van der Waals surface area contributed by atoms with Crippen molar-refractivity contribution in [3.8, 4) is 0 Å². The zero-order chi connectivity index (χ0) is 22.1. The van der Waals surface area contributed by atoms with Crippen LogP contribution in [0.2, 0.25) is 0 Å². The fraction of sp³-hybridized carbons (Fsp3) is 0.885. The van der Waals surface area contributed by atoms with E-state index >= 15 is 0 Å². The fourth-order valence-corrected chi connectivity index (χ4v) is 4.49. The Morgan fingerprint density at radius 1 is 0.931 bits per heavy atom. The molecule has 0 aromatic heterocycles. The molecule has 1 N–H and O–H groups in total. The van der Waals surface area contributed by atoms with Crippen LogP contribution in [-0.2, 0) is 4.79 Å². The molecule has 1 rings (SSSR count). The Labute approximate surface area is 190 Å². The zero-order valence-corrected chi connectivity index (χ0v) is 21.7. The standard InChI is InChI=1S/C20H38.C6H11BrO2/c1-17-15-13-11-9-7-6-8-10-12-14-16-18(2)20(4,5)19(17)3;7-5-3-1-2-4-6(8)9/h18H,6-16H2,1-5H3;1-5H2,(H,8,9). The van der Waals surface area contributed by atoms with Crippen LogP contribution in [0.25, 0.3) is 0 Å². The smallest absolute Gasteiger partial charge is 0.303 e. The van der Waals surface area contributed by atoms with Crippen molar-refractivity contribution in [2.45, 2.75) is 131 Å². The van der Waals surface area contributed by atoms with Crippen LogP contribution < -0.4 is 0 Å². The molecular formula is C26H49BrO2. The lowest BCUT2D eigenvalue weighted by Crippen LogP contribution is -2.24. The van der Waals surface area contributed by atoms with Gasteiger partial charge >= 0.3 is 5.97 Å². The lowest BCUT2D eigenvalue weighted by molar-refractivity contribution is -0.137. The van der Waals surface area contributed by atoms with Gasteiger partial charge in [-0.1, -0.05) is 106 Å². The molecule has 0 aromatic carbocycles. The van der Waals surface area contributed by atoms with Crippen molar-refractivity contribution in [1.82, 2.24) is 0 Å². The van der Waals surface area contributed by atoms with E-state index in [1.165, 1.54) is 70.6 Å². The highest BCUT2D eigenvalue weighted by molar-refractivity contribution is 9.09. The van der Waals surface area contributed by atoms with Gasteiger partial charge in [0.15, 0.2) is 0 Å². The van der Waals surface area contributed by atoms with Crippen molar-refractivity contribution >= 4 is 21.9 Å². The van der Waals surface area contributed by atoms with Crippen molar-refractivity contribution in [3.63, 3.8) is 0 Å². The Bertz CT molecular complexity index is 454.